The monoisotopic (exact) mass is 1060 g/mol. The van der Waals surface area contributed by atoms with Gasteiger partial charge in [0.2, 0.25) is 11.8 Å². The van der Waals surface area contributed by atoms with E-state index < -0.39 is 70.9 Å². The first-order chi connectivity index (χ1) is 36.1. The molecular formula is C60H79N5O12. The van der Waals surface area contributed by atoms with Crippen LogP contribution in [-0.2, 0) is 45.2 Å². The van der Waals surface area contributed by atoms with Crippen molar-refractivity contribution in [1.82, 2.24) is 25.8 Å². The Labute approximate surface area is 453 Å². The summed E-state index contributed by atoms with van der Waals surface area (Å²) in [4.78, 5) is 103. The van der Waals surface area contributed by atoms with Gasteiger partial charge < -0.3 is 44.5 Å². The fourth-order valence-electron chi connectivity index (χ4n) is 8.82. The van der Waals surface area contributed by atoms with Crippen LogP contribution in [0, 0.1) is 18.8 Å². The third kappa shape index (κ3) is 17.4. The van der Waals surface area contributed by atoms with Gasteiger partial charge in [-0.15, -0.1) is 0 Å². The van der Waals surface area contributed by atoms with Crippen LogP contribution in [0.25, 0.3) is 22.4 Å². The van der Waals surface area contributed by atoms with Crippen LogP contribution >= 0.6 is 0 Å². The molecule has 0 unspecified atom stereocenters. The van der Waals surface area contributed by atoms with Crippen molar-refractivity contribution in [3.8, 4) is 33.9 Å². The first-order valence-corrected chi connectivity index (χ1v) is 26.3. The fraction of sp³-hybridized carbons (Fsp3) is 0.500. The number of carbonyl (C=O) groups is 7. The van der Waals surface area contributed by atoms with E-state index in [4.69, 9.17) is 23.7 Å². The summed E-state index contributed by atoms with van der Waals surface area (Å²) in [6.07, 6.45) is 0.196. The number of Topliss-reactive ketones (excluding diaryl/α,β-unsaturated/α-hetero) is 2. The second kappa shape index (κ2) is 26.2. The molecule has 0 radical (unpaired) electrons. The van der Waals surface area contributed by atoms with Gasteiger partial charge >= 0.3 is 18.2 Å². The Balaban J connectivity index is 1.60. The molecule has 0 fully saturated rings. The Morgan fingerprint density at radius 2 is 1.38 bits per heavy atom. The van der Waals surface area contributed by atoms with Gasteiger partial charge in [0.05, 0.1) is 26.0 Å². The van der Waals surface area contributed by atoms with Crippen LogP contribution in [0.2, 0.25) is 0 Å². The summed E-state index contributed by atoms with van der Waals surface area (Å²) in [5.74, 6) is -4.01. The second-order valence-corrected chi connectivity index (χ2v) is 22.7. The Morgan fingerprint density at radius 1 is 0.779 bits per heavy atom. The summed E-state index contributed by atoms with van der Waals surface area (Å²) in [5, 5.41) is 8.19. The minimum atomic E-state index is -1.33. The number of nitrogens with one attached hydrogen (secondary N) is 3. The molecule has 0 saturated carbocycles. The quantitative estimate of drug-likeness (QED) is 0.0389. The number of aryl methyl sites for hydroxylation is 1. The molecule has 4 atom stereocenters. The van der Waals surface area contributed by atoms with Gasteiger partial charge in [-0.05, 0) is 119 Å². The molecule has 17 heteroatoms. The Kier molecular flexibility index (Phi) is 20.6. The molecule has 77 heavy (non-hydrogen) atoms. The molecule has 3 aromatic carbocycles. The molecule has 4 aromatic rings. The number of amides is 4. The summed E-state index contributed by atoms with van der Waals surface area (Å²) in [6.45, 7) is 22.6. The molecule has 5 rings (SSSR count). The zero-order valence-electron chi connectivity index (χ0n) is 47.4. The number of esters is 1. The summed E-state index contributed by atoms with van der Waals surface area (Å²) in [6, 6.07) is 17.9. The predicted molar refractivity (Wildman–Crippen MR) is 294 cm³/mol. The standard InChI is InChI=1S/C60H79N5O12/c1-15-27-74-51-23-19-40-33-44(51)43-31-38(16-22-50(43)75-28-26-62-57(72)77-60(10,11)12)32-47(55(70)73-14)64-53(68)37(3)30-49(67)52(40)65(13)54(69)41(24-25-61-56(71)76-59(7,8)9)34-48(66)45-35-63-46(29-36(45)2)39-17-20-42(21-18-39)58(4,5)6/h16-23,29,31,33,35,37,41,47,52H,15,24-28,30,32,34H2,1-14H3,(H,61,71)(H,62,72)(H,64,68)/t37-,41-,47+,52+/m1/s1. The zero-order chi connectivity index (χ0) is 57.0. The molecule has 4 amide bonds. The summed E-state index contributed by atoms with van der Waals surface area (Å²) >= 11 is 0. The Hall–Kier alpha value is -7.30. The normalized spacial score (nSPS) is 16.4. The van der Waals surface area contributed by atoms with Crippen LogP contribution in [0.4, 0.5) is 9.59 Å². The highest BCUT2D eigenvalue weighted by atomic mass is 16.6. The van der Waals surface area contributed by atoms with Gasteiger partial charge in [-0.25, -0.2) is 14.4 Å². The minimum Gasteiger partial charge on any atom is -0.493 e. The van der Waals surface area contributed by atoms with Crippen LogP contribution in [-0.4, -0.2) is 109 Å². The number of alkyl carbamates (subject to hydrolysis) is 2. The van der Waals surface area contributed by atoms with E-state index in [1.54, 1.807) is 84.9 Å². The Bertz CT molecular complexity index is 2770. The van der Waals surface area contributed by atoms with E-state index in [2.05, 4.69) is 53.8 Å². The second-order valence-electron chi connectivity index (χ2n) is 22.7. The number of hydrogen-bond donors (Lipinski definition) is 3. The summed E-state index contributed by atoms with van der Waals surface area (Å²) in [7, 11) is 2.70. The molecule has 0 saturated heterocycles. The molecule has 1 aromatic heterocycles. The van der Waals surface area contributed by atoms with Crippen LogP contribution < -0.4 is 25.4 Å². The summed E-state index contributed by atoms with van der Waals surface area (Å²) in [5.41, 5.74) is 4.09. The number of carbonyl (C=O) groups excluding carboxylic acids is 7. The molecule has 1 aliphatic heterocycles. The highest BCUT2D eigenvalue weighted by Crippen LogP contribution is 2.41. The number of nitrogens with zero attached hydrogens (tertiary/aromatic N) is 2. The van der Waals surface area contributed by atoms with Crippen molar-refractivity contribution in [2.24, 2.45) is 11.8 Å². The molecule has 416 valence electrons. The molecule has 0 aliphatic carbocycles. The van der Waals surface area contributed by atoms with Gasteiger partial charge in [0.1, 0.15) is 41.4 Å². The van der Waals surface area contributed by atoms with E-state index in [-0.39, 0.29) is 56.6 Å². The number of aromatic nitrogens is 1. The third-order valence-electron chi connectivity index (χ3n) is 12.8. The van der Waals surface area contributed by atoms with Crippen LogP contribution in [0.1, 0.15) is 140 Å². The number of benzene rings is 3. The first-order valence-electron chi connectivity index (χ1n) is 26.3. The molecule has 1 aliphatic rings. The lowest BCUT2D eigenvalue weighted by atomic mass is 9.86. The minimum absolute atomic E-state index is 0.0151. The highest BCUT2D eigenvalue weighted by molar-refractivity contribution is 6.01. The van der Waals surface area contributed by atoms with Gasteiger partial charge in [0.15, 0.2) is 11.6 Å². The number of likely N-dealkylation sites (N-methyl/N-ethyl adjacent to an activating group) is 1. The third-order valence-corrected chi connectivity index (χ3v) is 12.8. The lowest BCUT2D eigenvalue weighted by Gasteiger charge is -2.32. The van der Waals surface area contributed by atoms with Crippen molar-refractivity contribution in [3.05, 3.63) is 101 Å². The predicted octanol–water partition coefficient (Wildman–Crippen LogP) is 9.83. The average molecular weight is 1060 g/mol. The maximum absolute atomic E-state index is 15.3. The first kappa shape index (κ1) is 60.6. The zero-order valence-corrected chi connectivity index (χ0v) is 47.4. The number of methoxy groups -OCH3 is 1. The van der Waals surface area contributed by atoms with Gasteiger partial charge in [-0.1, -0.05) is 71.0 Å². The van der Waals surface area contributed by atoms with E-state index in [1.165, 1.54) is 30.8 Å². The van der Waals surface area contributed by atoms with E-state index in [9.17, 15) is 24.0 Å². The SMILES string of the molecule is CCCOc1ccc2cc1-c1cc(ccc1OCCNC(=O)OC(C)(C)C)C[C@@H](C(=O)OC)NC(=O)[C@H](C)CC(=O)[C@H]2N(C)C(=O)[C@H](CCNC(=O)OC(C)(C)C)CC(=O)c1cnc(-c2ccc(C(C)(C)C)cc2)cc1C. The van der Waals surface area contributed by atoms with Gasteiger partial charge in [0, 0.05) is 73.1 Å². The van der Waals surface area contributed by atoms with Crippen LogP contribution in [0.15, 0.2) is 72.9 Å². The van der Waals surface area contributed by atoms with Crippen molar-refractivity contribution in [2.45, 2.75) is 144 Å². The largest absolute Gasteiger partial charge is 0.493 e. The van der Waals surface area contributed by atoms with Gasteiger partial charge in [0.25, 0.3) is 0 Å². The fourth-order valence-corrected chi connectivity index (χ4v) is 8.82. The maximum Gasteiger partial charge on any atom is 0.407 e. The van der Waals surface area contributed by atoms with Crippen molar-refractivity contribution in [1.29, 1.82) is 0 Å². The van der Waals surface area contributed by atoms with Gasteiger partial charge in [-0.3, -0.25) is 24.2 Å². The summed E-state index contributed by atoms with van der Waals surface area (Å²) < 4.78 is 28.6. The number of ether oxygens (including phenoxy) is 5. The molecule has 2 heterocycles. The number of pyridine rings is 1. The maximum atomic E-state index is 15.3. The van der Waals surface area contributed by atoms with E-state index in [0.717, 1.165) is 5.56 Å². The molecule has 3 N–H and O–H groups in total. The lowest BCUT2D eigenvalue weighted by molar-refractivity contribution is -0.146. The van der Waals surface area contributed by atoms with E-state index >= 15 is 9.59 Å². The number of fused-ring (bicyclic) bond motifs is 5. The molecule has 0 spiro atoms. The van der Waals surface area contributed by atoms with Crippen molar-refractivity contribution < 1.29 is 57.2 Å². The van der Waals surface area contributed by atoms with E-state index in [1.807, 2.05) is 32.0 Å². The highest BCUT2D eigenvalue weighted by Gasteiger charge is 2.37. The van der Waals surface area contributed by atoms with E-state index in [0.29, 0.717) is 63.6 Å². The number of ketones is 2. The van der Waals surface area contributed by atoms with Crippen molar-refractivity contribution >= 4 is 41.5 Å². The lowest BCUT2D eigenvalue weighted by Crippen LogP contribution is -2.46. The number of rotatable bonds is 17. The molecular weight excluding hydrogens is 983 g/mol. The smallest absolute Gasteiger partial charge is 0.407 e. The Morgan fingerprint density at radius 3 is 1.96 bits per heavy atom. The topological polar surface area (TPSA) is 218 Å². The van der Waals surface area contributed by atoms with Crippen molar-refractivity contribution in [2.75, 3.05) is 40.5 Å². The average Bonchev–Trinajstić information content (AvgIpc) is 3.35. The van der Waals surface area contributed by atoms with Crippen LogP contribution in [0.3, 0.4) is 0 Å². The molecule has 4 bridgehead atoms. The van der Waals surface area contributed by atoms with Crippen LogP contribution in [0.5, 0.6) is 11.5 Å². The van der Waals surface area contributed by atoms with Crippen molar-refractivity contribution in [3.63, 3.8) is 0 Å². The van der Waals surface area contributed by atoms with Gasteiger partial charge in [-0.2, -0.15) is 0 Å². The number of hydrogen-bond acceptors (Lipinski definition) is 13. The molecule has 17 nitrogen and oxygen atoms in total.